The van der Waals surface area contributed by atoms with Crippen molar-refractivity contribution in [2.75, 3.05) is 13.2 Å². The number of primary amides is 1. The number of terminal acetylenes is 1. The third-order valence-electron chi connectivity index (χ3n) is 5.12. The predicted octanol–water partition coefficient (Wildman–Crippen LogP) is 6.76. The first-order valence-electron chi connectivity index (χ1n) is 14.1. The first kappa shape index (κ1) is 38.9. The van der Waals surface area contributed by atoms with Crippen molar-refractivity contribution < 1.29 is 44.7 Å². The Labute approximate surface area is 263 Å². The second kappa shape index (κ2) is 31.9. The molecule has 1 atom stereocenters. The zero-order valence-corrected chi connectivity index (χ0v) is 24.5. The standard InChI is InChI=1S/C32H38O5.C2H5NO.11H2/c1-3-5-7-9-11-13-15-16-17-19-21-23-25-27-32(35)37-30(28-33)29-36-31(34)26-24-22-20-18-14-12-10-8-6-4-2;1-2(3)4;;;;;;;;;;;/h2,30,33H,3,5,7,9,11,13,15-17,19,21,23,25,27-29H2,1H3;1H3,(H2,3,4);11*1H/t30-;;;;;;;;;;;;/m0............/s1. The van der Waals surface area contributed by atoms with Gasteiger partial charge in [-0.15, -0.1) is 6.42 Å². The number of ether oxygens (including phenoxy) is 2. The number of hydrogen-bond donors (Lipinski definition) is 2. The Kier molecular flexibility index (Phi) is 30.3. The Morgan fingerprint density at radius 3 is 1.61 bits per heavy atom. The Hall–Kier alpha value is -4.27. The van der Waals surface area contributed by atoms with E-state index in [-0.39, 0.29) is 34.6 Å². The van der Waals surface area contributed by atoms with E-state index in [1.165, 1.54) is 71.1 Å². The maximum Gasteiger partial charge on any atom is 0.385 e. The summed E-state index contributed by atoms with van der Waals surface area (Å²) >= 11 is 0. The number of rotatable bonds is 18. The fraction of sp³-hybridized carbons (Fsp3) is 0.559. The van der Waals surface area contributed by atoms with Crippen LogP contribution in [0.5, 0.6) is 0 Å². The van der Waals surface area contributed by atoms with Gasteiger partial charge in [0.05, 0.1) is 6.61 Å². The molecular weight excluding hydrogens is 518 g/mol. The molecule has 3 N–H and O–H groups in total. The number of aliphatic hydroxyl groups excluding tert-OH is 1. The van der Waals surface area contributed by atoms with Crippen molar-refractivity contribution in [3.05, 3.63) is 0 Å². The monoisotopic (exact) mass is 583 g/mol. The molecule has 242 valence electrons. The average molecular weight is 584 g/mol. The van der Waals surface area contributed by atoms with Crippen molar-refractivity contribution in [2.45, 2.75) is 110 Å². The quantitative estimate of drug-likeness (QED) is 0.0797. The number of nitrogens with two attached hydrogens (primary N) is 1. The van der Waals surface area contributed by atoms with Crippen molar-refractivity contribution in [3.63, 3.8) is 0 Å². The van der Waals surface area contributed by atoms with Crippen molar-refractivity contribution in [2.24, 2.45) is 5.73 Å². The molecule has 0 saturated carbocycles. The lowest BCUT2D eigenvalue weighted by molar-refractivity contribution is -0.159. The van der Waals surface area contributed by atoms with Gasteiger partial charge in [-0.3, -0.25) is 9.59 Å². The molecule has 0 saturated heterocycles. The zero-order chi connectivity index (χ0) is 30.8. The molecule has 0 aliphatic rings. The molecule has 0 spiro atoms. The van der Waals surface area contributed by atoms with E-state index >= 15 is 0 Å². The van der Waals surface area contributed by atoms with E-state index in [1.807, 2.05) is 0 Å². The molecule has 0 aromatic rings. The lowest BCUT2D eigenvalue weighted by Gasteiger charge is -2.14. The smallest absolute Gasteiger partial charge is 0.385 e. The molecule has 41 heavy (non-hydrogen) atoms. The highest BCUT2D eigenvalue weighted by Crippen LogP contribution is 2.13. The van der Waals surface area contributed by atoms with Crippen LogP contribution in [0.3, 0.4) is 0 Å². The van der Waals surface area contributed by atoms with Gasteiger partial charge >= 0.3 is 11.9 Å². The second-order valence-electron chi connectivity index (χ2n) is 8.89. The number of carbonyl (C=O) groups excluding carboxylic acids is 3. The third kappa shape index (κ3) is 35.7. The Balaban J connectivity index is -0.0000000873. The Morgan fingerprint density at radius 1 is 0.756 bits per heavy atom. The van der Waals surface area contributed by atoms with Crippen molar-refractivity contribution in [3.8, 4) is 71.5 Å². The maximum absolute atomic E-state index is 12.0. The summed E-state index contributed by atoms with van der Waals surface area (Å²) in [7, 11) is 0. The number of hydrogen-bond acceptors (Lipinski definition) is 6. The van der Waals surface area contributed by atoms with E-state index in [1.54, 1.807) is 0 Å². The number of aliphatic hydroxyl groups is 1. The molecule has 7 nitrogen and oxygen atoms in total. The summed E-state index contributed by atoms with van der Waals surface area (Å²) in [5, 5.41) is 9.37. The van der Waals surface area contributed by atoms with Crippen LogP contribution < -0.4 is 5.73 Å². The topological polar surface area (TPSA) is 116 Å². The van der Waals surface area contributed by atoms with Gasteiger partial charge in [-0.1, -0.05) is 84.0 Å². The minimum Gasteiger partial charge on any atom is -0.456 e. The number of amides is 1. The molecule has 0 bridgehead atoms. The molecule has 0 aliphatic heterocycles. The summed E-state index contributed by atoms with van der Waals surface area (Å²) in [5.41, 5.74) is 4.47. The highest BCUT2D eigenvalue weighted by molar-refractivity contribution is 5.89. The molecule has 0 heterocycles. The molecule has 0 aliphatic carbocycles. The number of carbonyl (C=O) groups is 3. The van der Waals surface area contributed by atoms with Gasteiger partial charge in [0.25, 0.3) is 0 Å². The lowest BCUT2D eigenvalue weighted by atomic mass is 10.0. The largest absolute Gasteiger partial charge is 0.456 e. The second-order valence-corrected chi connectivity index (χ2v) is 8.89. The fourth-order valence-corrected chi connectivity index (χ4v) is 3.20. The number of unbranched alkanes of at least 4 members (excludes halogenated alkanes) is 12. The first-order chi connectivity index (χ1) is 19.9. The van der Waals surface area contributed by atoms with Gasteiger partial charge in [-0.25, -0.2) is 4.79 Å². The van der Waals surface area contributed by atoms with Gasteiger partial charge < -0.3 is 20.3 Å². The van der Waals surface area contributed by atoms with Crippen LogP contribution in [0.25, 0.3) is 0 Å². The van der Waals surface area contributed by atoms with Crippen LogP contribution in [-0.4, -0.2) is 42.3 Å². The van der Waals surface area contributed by atoms with Crippen LogP contribution in [0.4, 0.5) is 0 Å². The SMILES string of the molecule is C#CC#CC#CC#CC#CC#CC(=O)OC[C@H](CO)OC(=O)CCCCCCCCCCCCCCC.CC(N)=O.[HH].[HH].[HH].[HH].[HH].[HH].[HH].[HH].[HH].[HH].[HH]. The van der Waals surface area contributed by atoms with E-state index in [0.29, 0.717) is 0 Å². The molecule has 0 rings (SSSR count). The summed E-state index contributed by atoms with van der Waals surface area (Å²) in [6.07, 6.45) is 20.2. The molecule has 0 aromatic carbocycles. The van der Waals surface area contributed by atoms with Crippen molar-refractivity contribution >= 4 is 17.8 Å². The van der Waals surface area contributed by atoms with E-state index in [4.69, 9.17) is 15.9 Å². The maximum atomic E-state index is 12.0. The van der Waals surface area contributed by atoms with Crippen LogP contribution in [0.1, 0.15) is 119 Å². The fourth-order valence-electron chi connectivity index (χ4n) is 3.20. The van der Waals surface area contributed by atoms with Gasteiger partial charge in [-0.05, 0) is 65.6 Å². The molecule has 0 radical (unpaired) electrons. The third-order valence-corrected chi connectivity index (χ3v) is 5.12. The van der Waals surface area contributed by atoms with Crippen LogP contribution in [-0.2, 0) is 23.9 Å². The Bertz CT molecular complexity index is 1140. The molecule has 0 unspecified atom stereocenters. The van der Waals surface area contributed by atoms with Crippen LogP contribution in [0, 0.1) is 71.5 Å². The summed E-state index contributed by atoms with van der Waals surface area (Å²) in [6, 6.07) is 0. The summed E-state index contributed by atoms with van der Waals surface area (Å²) < 4.78 is 10.1. The Morgan fingerprint density at radius 2 is 1.17 bits per heavy atom. The van der Waals surface area contributed by atoms with Crippen LogP contribution in [0.15, 0.2) is 0 Å². The van der Waals surface area contributed by atoms with Crippen LogP contribution in [0.2, 0.25) is 0 Å². The minimum absolute atomic E-state index is 0. The van der Waals surface area contributed by atoms with Gasteiger partial charge in [0.2, 0.25) is 5.91 Å². The molecule has 1 amide bonds. The first-order valence-corrected chi connectivity index (χ1v) is 14.1. The lowest BCUT2D eigenvalue weighted by Crippen LogP contribution is -2.28. The van der Waals surface area contributed by atoms with Gasteiger partial charge in [0, 0.05) is 35.0 Å². The van der Waals surface area contributed by atoms with Gasteiger partial charge in [0.1, 0.15) is 6.61 Å². The highest BCUT2D eigenvalue weighted by atomic mass is 16.6. The number of esters is 2. The molecule has 0 aromatic heterocycles. The molecule has 7 heteroatoms. The van der Waals surface area contributed by atoms with E-state index < -0.39 is 24.6 Å². The van der Waals surface area contributed by atoms with E-state index in [9.17, 15) is 19.5 Å². The van der Waals surface area contributed by atoms with Crippen molar-refractivity contribution in [1.82, 2.24) is 0 Å². The molecular formula is C34H65NO6. The minimum atomic E-state index is -0.923. The molecule has 0 fully saturated rings. The highest BCUT2D eigenvalue weighted by Gasteiger charge is 2.15. The summed E-state index contributed by atoms with van der Waals surface area (Å²) in [6.45, 7) is 2.81. The van der Waals surface area contributed by atoms with Crippen molar-refractivity contribution in [1.29, 1.82) is 0 Å². The zero-order valence-electron chi connectivity index (χ0n) is 24.5. The average Bonchev–Trinajstić information content (AvgIpc) is 2.94. The van der Waals surface area contributed by atoms with E-state index in [2.05, 4.69) is 77.8 Å². The predicted molar refractivity (Wildman–Crippen MR) is 184 cm³/mol. The normalized spacial score (nSPS) is 9.22. The van der Waals surface area contributed by atoms with Gasteiger partial charge in [-0.2, -0.15) is 0 Å². The van der Waals surface area contributed by atoms with E-state index in [0.717, 1.165) is 19.3 Å². The summed E-state index contributed by atoms with van der Waals surface area (Å²) in [4.78, 5) is 32.8. The summed E-state index contributed by atoms with van der Waals surface area (Å²) in [5.74, 6) is 24.1. The van der Waals surface area contributed by atoms with Gasteiger partial charge in [0.15, 0.2) is 6.10 Å². The van der Waals surface area contributed by atoms with Crippen LogP contribution >= 0.6 is 0 Å².